The normalized spacial score (nSPS) is 12.2. The maximum atomic E-state index is 6.24. The molecule has 0 aromatic heterocycles. The summed E-state index contributed by atoms with van der Waals surface area (Å²) in [7, 11) is 1.62. The van der Waals surface area contributed by atoms with Gasteiger partial charge in [-0.3, -0.25) is 0 Å². The van der Waals surface area contributed by atoms with Crippen LogP contribution >= 0.6 is 23.2 Å². The van der Waals surface area contributed by atoms with Crippen molar-refractivity contribution < 1.29 is 4.74 Å². The average molecular weight is 296 g/mol. The lowest BCUT2D eigenvalue weighted by Crippen LogP contribution is -2.14. The number of halogens is 2. The fraction of sp³-hybridized carbons (Fsp3) is 0.200. The van der Waals surface area contributed by atoms with Crippen molar-refractivity contribution in [1.82, 2.24) is 0 Å². The van der Waals surface area contributed by atoms with Crippen LogP contribution in [0.3, 0.4) is 0 Å². The fourth-order valence-electron chi connectivity index (χ4n) is 2.02. The standard InChI is InChI=1S/C15H15Cl2NO/c1-19-15-6-5-12(17)9-13(15)14(18)8-10-3-2-4-11(16)7-10/h2-7,9,14H,8,18H2,1H3. The minimum Gasteiger partial charge on any atom is -0.496 e. The van der Waals surface area contributed by atoms with E-state index in [-0.39, 0.29) is 6.04 Å². The van der Waals surface area contributed by atoms with Crippen LogP contribution < -0.4 is 10.5 Å². The third kappa shape index (κ3) is 3.63. The zero-order valence-corrected chi connectivity index (χ0v) is 12.1. The molecule has 2 rings (SSSR count). The molecular formula is C15H15Cl2NO. The number of methoxy groups -OCH3 is 1. The van der Waals surface area contributed by atoms with E-state index in [1.54, 1.807) is 13.2 Å². The van der Waals surface area contributed by atoms with Gasteiger partial charge in [-0.15, -0.1) is 0 Å². The molecule has 0 aliphatic heterocycles. The van der Waals surface area contributed by atoms with Gasteiger partial charge >= 0.3 is 0 Å². The number of hydrogen-bond donors (Lipinski definition) is 1. The Morgan fingerprint density at radius 3 is 2.53 bits per heavy atom. The summed E-state index contributed by atoms with van der Waals surface area (Å²) in [6.45, 7) is 0. The molecule has 19 heavy (non-hydrogen) atoms. The zero-order chi connectivity index (χ0) is 13.8. The van der Waals surface area contributed by atoms with E-state index in [1.807, 2.05) is 36.4 Å². The lowest BCUT2D eigenvalue weighted by molar-refractivity contribution is 0.405. The van der Waals surface area contributed by atoms with Gasteiger partial charge in [-0.1, -0.05) is 35.3 Å². The van der Waals surface area contributed by atoms with Crippen molar-refractivity contribution in [3.63, 3.8) is 0 Å². The summed E-state index contributed by atoms with van der Waals surface area (Å²) in [6, 6.07) is 12.9. The van der Waals surface area contributed by atoms with Crippen LogP contribution in [0.15, 0.2) is 42.5 Å². The summed E-state index contributed by atoms with van der Waals surface area (Å²) < 4.78 is 5.32. The van der Waals surface area contributed by atoms with Gasteiger partial charge in [0, 0.05) is 21.7 Å². The molecule has 4 heteroatoms. The van der Waals surface area contributed by atoms with Crippen molar-refractivity contribution >= 4 is 23.2 Å². The monoisotopic (exact) mass is 295 g/mol. The third-order valence-electron chi connectivity index (χ3n) is 2.94. The van der Waals surface area contributed by atoms with Gasteiger partial charge < -0.3 is 10.5 Å². The molecule has 2 N–H and O–H groups in total. The quantitative estimate of drug-likeness (QED) is 0.915. The Balaban J connectivity index is 2.24. The van der Waals surface area contributed by atoms with E-state index in [1.165, 1.54) is 0 Å². The lowest BCUT2D eigenvalue weighted by atomic mass is 9.99. The molecule has 0 radical (unpaired) electrons. The van der Waals surface area contributed by atoms with E-state index in [4.69, 9.17) is 33.7 Å². The maximum Gasteiger partial charge on any atom is 0.123 e. The molecule has 0 heterocycles. The molecule has 2 aromatic carbocycles. The highest BCUT2D eigenvalue weighted by molar-refractivity contribution is 6.31. The lowest BCUT2D eigenvalue weighted by Gasteiger charge is -2.16. The Bertz CT molecular complexity index is 572. The Kier molecular flexibility index (Phi) is 4.70. The number of ether oxygens (including phenoxy) is 1. The third-order valence-corrected chi connectivity index (χ3v) is 3.41. The van der Waals surface area contributed by atoms with Gasteiger partial charge in [0.1, 0.15) is 5.75 Å². The largest absolute Gasteiger partial charge is 0.496 e. The van der Waals surface area contributed by atoms with Crippen molar-refractivity contribution in [2.24, 2.45) is 5.73 Å². The first kappa shape index (κ1) is 14.2. The maximum absolute atomic E-state index is 6.24. The predicted molar refractivity (Wildman–Crippen MR) is 80.1 cm³/mol. The molecular weight excluding hydrogens is 281 g/mol. The molecule has 1 atom stereocenters. The molecule has 0 saturated heterocycles. The Morgan fingerprint density at radius 2 is 1.84 bits per heavy atom. The second kappa shape index (κ2) is 6.29. The van der Waals surface area contributed by atoms with E-state index in [0.29, 0.717) is 16.5 Å². The topological polar surface area (TPSA) is 35.2 Å². The summed E-state index contributed by atoms with van der Waals surface area (Å²) in [5.41, 5.74) is 8.22. The summed E-state index contributed by atoms with van der Waals surface area (Å²) >= 11 is 12.0. The van der Waals surface area contributed by atoms with E-state index >= 15 is 0 Å². The van der Waals surface area contributed by atoms with Gasteiger partial charge in [0.05, 0.1) is 7.11 Å². The minimum atomic E-state index is -0.188. The molecule has 0 aliphatic carbocycles. The number of hydrogen-bond acceptors (Lipinski definition) is 2. The van der Waals surface area contributed by atoms with Crippen LogP contribution in [0, 0.1) is 0 Å². The highest BCUT2D eigenvalue weighted by Crippen LogP contribution is 2.29. The molecule has 0 bridgehead atoms. The van der Waals surface area contributed by atoms with Crippen LogP contribution in [0.1, 0.15) is 17.2 Å². The number of rotatable bonds is 4. The van der Waals surface area contributed by atoms with Crippen molar-refractivity contribution in [1.29, 1.82) is 0 Å². The molecule has 0 fully saturated rings. The Morgan fingerprint density at radius 1 is 1.11 bits per heavy atom. The highest BCUT2D eigenvalue weighted by atomic mass is 35.5. The molecule has 1 unspecified atom stereocenters. The van der Waals surface area contributed by atoms with E-state index in [2.05, 4.69) is 0 Å². The number of benzene rings is 2. The van der Waals surface area contributed by atoms with E-state index in [9.17, 15) is 0 Å². The number of nitrogens with two attached hydrogens (primary N) is 1. The first-order chi connectivity index (χ1) is 9.10. The van der Waals surface area contributed by atoms with Gasteiger partial charge in [0.2, 0.25) is 0 Å². The Hall–Kier alpha value is -1.22. The molecule has 0 spiro atoms. The van der Waals surface area contributed by atoms with Crippen molar-refractivity contribution in [2.45, 2.75) is 12.5 Å². The SMILES string of the molecule is COc1ccc(Cl)cc1C(N)Cc1cccc(Cl)c1. The van der Waals surface area contributed by atoms with Crippen LogP contribution in [-0.4, -0.2) is 7.11 Å². The molecule has 2 aromatic rings. The summed E-state index contributed by atoms with van der Waals surface area (Å²) in [4.78, 5) is 0. The fourth-order valence-corrected chi connectivity index (χ4v) is 2.42. The van der Waals surface area contributed by atoms with Gasteiger partial charge in [-0.05, 0) is 42.3 Å². The summed E-state index contributed by atoms with van der Waals surface area (Å²) in [6.07, 6.45) is 0.678. The first-order valence-corrected chi connectivity index (χ1v) is 6.69. The van der Waals surface area contributed by atoms with Crippen LogP contribution in [-0.2, 0) is 6.42 Å². The molecule has 2 nitrogen and oxygen atoms in total. The molecule has 0 aliphatic rings. The second-order valence-corrected chi connectivity index (χ2v) is 5.20. The summed E-state index contributed by atoms with van der Waals surface area (Å²) in [5.74, 6) is 0.749. The van der Waals surface area contributed by atoms with E-state index in [0.717, 1.165) is 16.9 Å². The van der Waals surface area contributed by atoms with Crippen molar-refractivity contribution in [3.05, 3.63) is 63.6 Å². The summed E-state index contributed by atoms with van der Waals surface area (Å²) in [5, 5.41) is 1.36. The molecule has 100 valence electrons. The van der Waals surface area contributed by atoms with Gasteiger partial charge in [0.15, 0.2) is 0 Å². The van der Waals surface area contributed by atoms with Gasteiger partial charge in [-0.2, -0.15) is 0 Å². The van der Waals surface area contributed by atoms with Crippen LogP contribution in [0.4, 0.5) is 0 Å². The average Bonchev–Trinajstić information content (AvgIpc) is 2.38. The zero-order valence-electron chi connectivity index (χ0n) is 10.6. The van der Waals surface area contributed by atoms with E-state index < -0.39 is 0 Å². The van der Waals surface area contributed by atoms with Crippen molar-refractivity contribution in [2.75, 3.05) is 7.11 Å². The van der Waals surface area contributed by atoms with Gasteiger partial charge in [-0.25, -0.2) is 0 Å². The molecule has 0 saturated carbocycles. The Labute approximate surface area is 123 Å². The van der Waals surface area contributed by atoms with Gasteiger partial charge in [0.25, 0.3) is 0 Å². The van der Waals surface area contributed by atoms with Crippen LogP contribution in [0.5, 0.6) is 5.75 Å². The predicted octanol–water partition coefficient (Wildman–Crippen LogP) is 4.24. The van der Waals surface area contributed by atoms with Crippen molar-refractivity contribution in [3.8, 4) is 5.75 Å². The minimum absolute atomic E-state index is 0.188. The smallest absolute Gasteiger partial charge is 0.123 e. The van der Waals surface area contributed by atoms with Crippen LogP contribution in [0.2, 0.25) is 10.0 Å². The highest BCUT2D eigenvalue weighted by Gasteiger charge is 2.13. The second-order valence-electron chi connectivity index (χ2n) is 4.33. The molecule has 0 amide bonds. The first-order valence-electron chi connectivity index (χ1n) is 5.93. The van der Waals surface area contributed by atoms with Crippen LogP contribution in [0.25, 0.3) is 0 Å².